The van der Waals surface area contributed by atoms with E-state index in [9.17, 15) is 19.6 Å². The molecule has 0 unspecified atom stereocenters. The predicted octanol–water partition coefficient (Wildman–Crippen LogP) is 5.51. The Kier molecular flexibility index (Phi) is 5.03. The van der Waals surface area contributed by atoms with Gasteiger partial charge in [-0.15, -0.1) is 11.3 Å². The second-order valence-corrected chi connectivity index (χ2v) is 12.6. The zero-order valence-electron chi connectivity index (χ0n) is 22.7. The van der Waals surface area contributed by atoms with Gasteiger partial charge in [-0.25, -0.2) is 4.90 Å². The fourth-order valence-corrected chi connectivity index (χ4v) is 8.99. The quantitative estimate of drug-likeness (QED) is 0.173. The van der Waals surface area contributed by atoms with Crippen molar-refractivity contribution in [1.82, 2.24) is 0 Å². The predicted molar refractivity (Wildman–Crippen MR) is 157 cm³/mol. The van der Waals surface area contributed by atoms with Gasteiger partial charge in [0.2, 0.25) is 18.6 Å². The molecule has 43 heavy (non-hydrogen) atoms. The third-order valence-electron chi connectivity index (χ3n) is 9.48. The zero-order chi connectivity index (χ0) is 29.0. The number of amides is 2. The normalized spacial score (nSPS) is 24.7. The first-order valence-corrected chi connectivity index (χ1v) is 15.1. The van der Waals surface area contributed by atoms with E-state index in [2.05, 4.69) is 6.07 Å². The number of aryl methyl sites for hydroxylation is 1. The summed E-state index contributed by atoms with van der Waals surface area (Å²) in [6, 6.07) is 19.4. The summed E-state index contributed by atoms with van der Waals surface area (Å²) in [6.07, 6.45) is 4.50. The average molecular weight is 587 g/mol. The molecule has 0 saturated carbocycles. The van der Waals surface area contributed by atoms with Crippen molar-refractivity contribution in [1.29, 1.82) is 5.26 Å². The van der Waals surface area contributed by atoms with E-state index in [0.29, 0.717) is 33.4 Å². The Balaban J connectivity index is 1.27. The Hall–Kier alpha value is -4.94. The maximum atomic E-state index is 14.5. The molecule has 0 spiro atoms. The number of nitrogens with zero attached hydrogens (tertiary/aromatic N) is 2. The molecule has 0 radical (unpaired) electrons. The summed E-state index contributed by atoms with van der Waals surface area (Å²) in [5, 5.41) is 12.4. The van der Waals surface area contributed by atoms with E-state index in [-0.39, 0.29) is 6.79 Å². The van der Waals surface area contributed by atoms with E-state index in [1.807, 2.05) is 54.6 Å². The van der Waals surface area contributed by atoms with Gasteiger partial charge in [-0.1, -0.05) is 42.5 Å². The number of benzene rings is 3. The summed E-state index contributed by atoms with van der Waals surface area (Å²) in [5.74, 6) is -3.17. The highest BCUT2D eigenvalue weighted by atomic mass is 32.1. The van der Waals surface area contributed by atoms with Gasteiger partial charge in [0.15, 0.2) is 11.5 Å². The molecule has 5 aliphatic rings. The average Bonchev–Trinajstić information content (AvgIpc) is 3.79. The summed E-state index contributed by atoms with van der Waals surface area (Å²) >= 11 is 1.35. The van der Waals surface area contributed by atoms with Gasteiger partial charge in [-0.3, -0.25) is 14.4 Å². The van der Waals surface area contributed by atoms with Crippen LogP contribution in [0.3, 0.4) is 0 Å². The van der Waals surface area contributed by atoms with Gasteiger partial charge in [0, 0.05) is 16.4 Å². The SMILES string of the molecule is N#Cc1c(N2C(=O)[C@@H]3[C@@H]4C(=O)Oc5ccc6ccccc6c5C4=C[C@H](c4ccc5c(c4)OCO5)[C@@H]3C2=O)sc2c1CCC2. The molecule has 1 aromatic heterocycles. The van der Waals surface area contributed by atoms with Crippen molar-refractivity contribution in [3.05, 3.63) is 87.8 Å². The van der Waals surface area contributed by atoms with E-state index >= 15 is 0 Å². The standard InChI is InChI=1S/C34H22N2O6S/c35-14-22-19-6-3-7-26(19)43-33(22)36-31(37)28-20(17-9-10-23-25(12-17)41-15-40-23)13-21-27-18-5-2-1-4-16(18)8-11-24(27)42-34(39)29(21)30(28)32(36)38/h1-2,4-5,8-13,20,28-30H,3,6-7,15H2/t20-,28+,29-,30+/m1/s1. The second kappa shape index (κ2) is 8.79. The van der Waals surface area contributed by atoms with Gasteiger partial charge in [0.1, 0.15) is 16.8 Å². The second-order valence-electron chi connectivity index (χ2n) is 11.5. The first kappa shape index (κ1) is 24.6. The minimum Gasteiger partial charge on any atom is -0.454 e. The monoisotopic (exact) mass is 586 g/mol. The van der Waals surface area contributed by atoms with Crippen LogP contribution in [0.4, 0.5) is 5.00 Å². The Morgan fingerprint density at radius 3 is 2.60 bits per heavy atom. The number of anilines is 1. The van der Waals surface area contributed by atoms with Crippen LogP contribution in [-0.4, -0.2) is 24.6 Å². The zero-order valence-corrected chi connectivity index (χ0v) is 23.5. The van der Waals surface area contributed by atoms with Gasteiger partial charge < -0.3 is 14.2 Å². The molecule has 2 aliphatic carbocycles. The minimum absolute atomic E-state index is 0.106. The maximum absolute atomic E-state index is 14.5. The smallest absolute Gasteiger partial charge is 0.319 e. The first-order valence-electron chi connectivity index (χ1n) is 14.3. The summed E-state index contributed by atoms with van der Waals surface area (Å²) in [4.78, 5) is 45.0. The van der Waals surface area contributed by atoms with E-state index in [1.165, 1.54) is 16.2 Å². The van der Waals surface area contributed by atoms with Gasteiger partial charge in [0.05, 0.1) is 23.3 Å². The Labute approximate surface area is 249 Å². The molecule has 1 fully saturated rings. The number of thiophene rings is 1. The van der Waals surface area contributed by atoms with Crippen molar-refractivity contribution in [3.63, 3.8) is 0 Å². The summed E-state index contributed by atoms with van der Waals surface area (Å²) < 4.78 is 17.1. The lowest BCUT2D eigenvalue weighted by Gasteiger charge is -2.38. The molecular formula is C34H22N2O6S. The van der Waals surface area contributed by atoms with Crippen molar-refractivity contribution < 1.29 is 28.6 Å². The number of hydrogen-bond donors (Lipinski definition) is 0. The van der Waals surface area contributed by atoms with Gasteiger partial charge in [-0.05, 0) is 64.9 Å². The topological polar surface area (TPSA) is 106 Å². The largest absolute Gasteiger partial charge is 0.454 e. The molecule has 210 valence electrons. The number of rotatable bonds is 2. The lowest BCUT2D eigenvalue weighted by molar-refractivity contribution is -0.142. The van der Waals surface area contributed by atoms with Crippen LogP contribution >= 0.6 is 11.3 Å². The summed E-state index contributed by atoms with van der Waals surface area (Å²) in [7, 11) is 0. The molecular weight excluding hydrogens is 564 g/mol. The molecule has 9 rings (SSSR count). The molecule has 3 aromatic carbocycles. The van der Waals surface area contributed by atoms with E-state index in [1.54, 1.807) is 6.07 Å². The number of allylic oxidation sites excluding steroid dienone is 1. The molecule has 0 bridgehead atoms. The molecule has 3 aliphatic heterocycles. The fourth-order valence-electron chi connectivity index (χ4n) is 7.64. The molecule has 4 heterocycles. The molecule has 0 N–H and O–H groups in total. The number of ether oxygens (including phenoxy) is 3. The van der Waals surface area contributed by atoms with Gasteiger partial charge in [-0.2, -0.15) is 5.26 Å². The van der Waals surface area contributed by atoms with Crippen molar-refractivity contribution in [2.24, 2.45) is 17.8 Å². The van der Waals surface area contributed by atoms with Crippen LogP contribution in [0.25, 0.3) is 16.3 Å². The first-order chi connectivity index (χ1) is 21.0. The summed E-state index contributed by atoms with van der Waals surface area (Å²) in [5.41, 5.74) is 3.56. The maximum Gasteiger partial charge on any atom is 0.319 e. The van der Waals surface area contributed by atoms with Crippen LogP contribution in [0.5, 0.6) is 17.2 Å². The van der Waals surface area contributed by atoms with Crippen molar-refractivity contribution in [3.8, 4) is 23.3 Å². The fraction of sp³-hybridized carbons (Fsp3) is 0.235. The lowest BCUT2D eigenvalue weighted by atomic mass is 9.64. The van der Waals surface area contributed by atoms with Crippen LogP contribution in [0.1, 0.15) is 39.5 Å². The molecule has 1 saturated heterocycles. The van der Waals surface area contributed by atoms with Crippen molar-refractivity contribution >= 4 is 50.5 Å². The van der Waals surface area contributed by atoms with E-state index in [0.717, 1.165) is 51.6 Å². The molecule has 4 aromatic rings. The number of hydrogen-bond acceptors (Lipinski definition) is 8. The third-order valence-corrected chi connectivity index (χ3v) is 10.8. The van der Waals surface area contributed by atoms with E-state index < -0.39 is 41.5 Å². The van der Waals surface area contributed by atoms with Crippen molar-refractivity contribution in [2.45, 2.75) is 25.2 Å². The Morgan fingerprint density at radius 2 is 1.72 bits per heavy atom. The van der Waals surface area contributed by atoms with Crippen LogP contribution in [0.2, 0.25) is 0 Å². The highest BCUT2D eigenvalue weighted by molar-refractivity contribution is 7.17. The highest BCUT2D eigenvalue weighted by Gasteiger charge is 2.61. The number of carbonyl (C=O) groups is 3. The molecule has 9 heteroatoms. The lowest BCUT2D eigenvalue weighted by Crippen LogP contribution is -2.42. The molecule has 4 atom stereocenters. The molecule has 2 amide bonds. The van der Waals surface area contributed by atoms with Crippen LogP contribution in [0, 0.1) is 29.1 Å². The number of carbonyl (C=O) groups excluding carboxylic acids is 3. The van der Waals surface area contributed by atoms with Gasteiger partial charge >= 0.3 is 5.97 Å². The van der Waals surface area contributed by atoms with Crippen LogP contribution in [0.15, 0.2) is 60.7 Å². The van der Waals surface area contributed by atoms with E-state index in [4.69, 9.17) is 14.2 Å². The summed E-state index contributed by atoms with van der Waals surface area (Å²) in [6.45, 7) is 0.106. The van der Waals surface area contributed by atoms with Gasteiger partial charge in [0.25, 0.3) is 0 Å². The Morgan fingerprint density at radius 1 is 0.907 bits per heavy atom. The number of imide groups is 1. The van der Waals surface area contributed by atoms with Crippen LogP contribution < -0.4 is 19.1 Å². The highest BCUT2D eigenvalue weighted by Crippen LogP contribution is 2.57. The minimum atomic E-state index is -0.994. The van der Waals surface area contributed by atoms with Crippen LogP contribution in [-0.2, 0) is 27.2 Å². The Bertz CT molecular complexity index is 2040. The number of fused-ring (bicyclic) bond motifs is 9. The molecule has 8 nitrogen and oxygen atoms in total. The third kappa shape index (κ3) is 3.27. The number of nitriles is 1. The van der Waals surface area contributed by atoms with Crippen molar-refractivity contribution in [2.75, 3.05) is 11.7 Å². The number of esters is 1.